The topological polar surface area (TPSA) is 20.2 Å². The summed E-state index contributed by atoms with van der Waals surface area (Å²) in [5.41, 5.74) is 1.86. The van der Waals surface area contributed by atoms with Gasteiger partial charge < -0.3 is 5.11 Å². The quantitative estimate of drug-likeness (QED) is 0.859. The van der Waals surface area contributed by atoms with Gasteiger partial charge in [-0.3, -0.25) is 0 Å². The molecule has 2 aromatic carbocycles. The second-order valence-corrected chi connectivity index (χ2v) is 4.44. The summed E-state index contributed by atoms with van der Waals surface area (Å²) in [5.74, 6) is -0.895. The molecule has 0 aliphatic heterocycles. The molecule has 0 radical (unpaired) electrons. The van der Waals surface area contributed by atoms with Crippen LogP contribution in [0.4, 0.5) is 8.78 Å². The van der Waals surface area contributed by atoms with Crippen molar-refractivity contribution in [2.45, 2.75) is 20.0 Å². The molecule has 0 bridgehead atoms. The van der Waals surface area contributed by atoms with E-state index in [4.69, 9.17) is 0 Å². The van der Waals surface area contributed by atoms with E-state index < -0.39 is 17.7 Å². The summed E-state index contributed by atoms with van der Waals surface area (Å²) in [6, 6.07) is 8.91. The largest absolute Gasteiger partial charge is 0.384 e. The molecule has 94 valence electrons. The molecule has 1 atom stereocenters. The summed E-state index contributed by atoms with van der Waals surface area (Å²) in [6.07, 6.45) is -1.15. The summed E-state index contributed by atoms with van der Waals surface area (Å²) in [7, 11) is 0. The number of benzene rings is 2. The zero-order chi connectivity index (χ0) is 13.3. The standard InChI is InChI=1S/C15H14F2O/c1-9-3-6-13(16)12(7-9)15(18)11-5-4-10(2)14(17)8-11/h3-8,15,18H,1-2H3. The highest BCUT2D eigenvalue weighted by Gasteiger charge is 2.16. The van der Waals surface area contributed by atoms with Gasteiger partial charge in [-0.15, -0.1) is 0 Å². The molecule has 1 N–H and O–H groups in total. The number of halogens is 2. The number of aryl methyl sites for hydroxylation is 2. The maximum atomic E-state index is 13.6. The van der Waals surface area contributed by atoms with E-state index in [1.807, 2.05) is 6.92 Å². The molecule has 0 aliphatic rings. The van der Waals surface area contributed by atoms with E-state index in [1.54, 1.807) is 31.2 Å². The summed E-state index contributed by atoms with van der Waals surface area (Å²) in [6.45, 7) is 3.45. The molecule has 0 spiro atoms. The van der Waals surface area contributed by atoms with Crippen molar-refractivity contribution in [1.82, 2.24) is 0 Å². The van der Waals surface area contributed by atoms with Crippen LogP contribution >= 0.6 is 0 Å². The fourth-order valence-electron chi connectivity index (χ4n) is 1.83. The van der Waals surface area contributed by atoms with Crippen molar-refractivity contribution in [2.75, 3.05) is 0 Å². The van der Waals surface area contributed by atoms with Crippen LogP contribution in [0.25, 0.3) is 0 Å². The summed E-state index contributed by atoms with van der Waals surface area (Å²) >= 11 is 0. The molecular formula is C15H14F2O. The van der Waals surface area contributed by atoms with Gasteiger partial charge in [-0.05, 0) is 37.1 Å². The van der Waals surface area contributed by atoms with Gasteiger partial charge in [0.05, 0.1) is 0 Å². The first kappa shape index (κ1) is 12.7. The van der Waals surface area contributed by atoms with E-state index in [1.165, 1.54) is 12.1 Å². The second kappa shape index (κ2) is 4.86. The van der Waals surface area contributed by atoms with Gasteiger partial charge in [0.15, 0.2) is 0 Å². The van der Waals surface area contributed by atoms with Crippen LogP contribution < -0.4 is 0 Å². The number of hydrogen-bond donors (Lipinski definition) is 1. The van der Waals surface area contributed by atoms with Crippen LogP contribution in [0.1, 0.15) is 28.4 Å². The third-order valence-corrected chi connectivity index (χ3v) is 2.96. The zero-order valence-electron chi connectivity index (χ0n) is 10.2. The molecular weight excluding hydrogens is 234 g/mol. The van der Waals surface area contributed by atoms with E-state index in [-0.39, 0.29) is 5.56 Å². The smallest absolute Gasteiger partial charge is 0.129 e. The normalized spacial score (nSPS) is 12.5. The molecule has 0 saturated carbocycles. The van der Waals surface area contributed by atoms with Gasteiger partial charge in [-0.25, -0.2) is 8.78 Å². The fourth-order valence-corrected chi connectivity index (χ4v) is 1.83. The molecule has 2 aromatic rings. The first-order chi connectivity index (χ1) is 8.49. The molecule has 18 heavy (non-hydrogen) atoms. The maximum Gasteiger partial charge on any atom is 0.129 e. The molecule has 0 aromatic heterocycles. The highest BCUT2D eigenvalue weighted by Crippen LogP contribution is 2.26. The number of aliphatic hydroxyl groups is 1. The third kappa shape index (κ3) is 2.41. The maximum absolute atomic E-state index is 13.6. The predicted octanol–water partition coefficient (Wildman–Crippen LogP) is 3.66. The Morgan fingerprint density at radius 3 is 2.33 bits per heavy atom. The Morgan fingerprint density at radius 1 is 0.944 bits per heavy atom. The van der Waals surface area contributed by atoms with E-state index in [9.17, 15) is 13.9 Å². The molecule has 1 nitrogen and oxygen atoms in total. The highest BCUT2D eigenvalue weighted by atomic mass is 19.1. The van der Waals surface area contributed by atoms with Gasteiger partial charge in [0.2, 0.25) is 0 Å². The number of hydrogen-bond acceptors (Lipinski definition) is 1. The molecule has 0 aliphatic carbocycles. The first-order valence-electron chi connectivity index (χ1n) is 5.69. The Balaban J connectivity index is 2.44. The van der Waals surface area contributed by atoms with E-state index in [0.29, 0.717) is 11.1 Å². The lowest BCUT2D eigenvalue weighted by Gasteiger charge is -2.13. The Bertz CT molecular complexity index is 579. The summed E-state index contributed by atoms with van der Waals surface area (Å²) < 4.78 is 27.1. The minimum Gasteiger partial charge on any atom is -0.384 e. The SMILES string of the molecule is Cc1ccc(F)c(C(O)c2ccc(C)c(F)c2)c1. The minimum absolute atomic E-state index is 0.165. The molecule has 0 fully saturated rings. The van der Waals surface area contributed by atoms with Crippen LogP contribution in [0.5, 0.6) is 0 Å². The van der Waals surface area contributed by atoms with Crippen LogP contribution in [0.15, 0.2) is 36.4 Å². The Morgan fingerprint density at radius 2 is 1.67 bits per heavy atom. The van der Waals surface area contributed by atoms with Crippen molar-refractivity contribution in [1.29, 1.82) is 0 Å². The lowest BCUT2D eigenvalue weighted by Crippen LogP contribution is -2.04. The van der Waals surface area contributed by atoms with E-state index in [0.717, 1.165) is 5.56 Å². The van der Waals surface area contributed by atoms with Gasteiger partial charge in [0, 0.05) is 5.56 Å². The Labute approximate surface area is 105 Å². The van der Waals surface area contributed by atoms with Crippen LogP contribution in [0.3, 0.4) is 0 Å². The van der Waals surface area contributed by atoms with Crippen LogP contribution in [-0.2, 0) is 0 Å². The van der Waals surface area contributed by atoms with Crippen LogP contribution in [-0.4, -0.2) is 5.11 Å². The second-order valence-electron chi connectivity index (χ2n) is 4.44. The summed E-state index contributed by atoms with van der Waals surface area (Å²) in [5, 5.41) is 10.1. The lowest BCUT2D eigenvalue weighted by molar-refractivity contribution is 0.214. The van der Waals surface area contributed by atoms with Crippen molar-refractivity contribution in [3.8, 4) is 0 Å². The van der Waals surface area contributed by atoms with Gasteiger partial charge in [-0.2, -0.15) is 0 Å². The van der Waals surface area contributed by atoms with Gasteiger partial charge in [0.1, 0.15) is 17.7 Å². The Kier molecular flexibility index (Phi) is 3.43. The average Bonchev–Trinajstić information content (AvgIpc) is 2.35. The van der Waals surface area contributed by atoms with Crippen LogP contribution in [0, 0.1) is 25.5 Å². The zero-order valence-corrected chi connectivity index (χ0v) is 10.2. The van der Waals surface area contributed by atoms with E-state index in [2.05, 4.69) is 0 Å². The van der Waals surface area contributed by atoms with Gasteiger partial charge in [-0.1, -0.05) is 29.8 Å². The lowest BCUT2D eigenvalue weighted by atomic mass is 9.98. The highest BCUT2D eigenvalue weighted by molar-refractivity contribution is 5.35. The molecule has 3 heteroatoms. The minimum atomic E-state index is -1.15. The molecule has 1 unspecified atom stereocenters. The number of aliphatic hydroxyl groups excluding tert-OH is 1. The van der Waals surface area contributed by atoms with E-state index >= 15 is 0 Å². The van der Waals surface area contributed by atoms with Crippen molar-refractivity contribution < 1.29 is 13.9 Å². The molecule has 2 rings (SSSR count). The monoisotopic (exact) mass is 248 g/mol. The molecule has 0 heterocycles. The molecule has 0 amide bonds. The fraction of sp³-hybridized carbons (Fsp3) is 0.200. The van der Waals surface area contributed by atoms with Crippen LogP contribution in [0.2, 0.25) is 0 Å². The van der Waals surface area contributed by atoms with Gasteiger partial charge in [0.25, 0.3) is 0 Å². The average molecular weight is 248 g/mol. The third-order valence-electron chi connectivity index (χ3n) is 2.96. The van der Waals surface area contributed by atoms with Crippen molar-refractivity contribution >= 4 is 0 Å². The van der Waals surface area contributed by atoms with Crippen molar-refractivity contribution in [2.24, 2.45) is 0 Å². The van der Waals surface area contributed by atoms with Gasteiger partial charge >= 0.3 is 0 Å². The summed E-state index contributed by atoms with van der Waals surface area (Å²) in [4.78, 5) is 0. The van der Waals surface area contributed by atoms with Crippen molar-refractivity contribution in [3.05, 3.63) is 70.3 Å². The number of rotatable bonds is 2. The van der Waals surface area contributed by atoms with Crippen molar-refractivity contribution in [3.63, 3.8) is 0 Å². The first-order valence-corrected chi connectivity index (χ1v) is 5.69. The molecule has 0 saturated heterocycles. The predicted molar refractivity (Wildman–Crippen MR) is 66.3 cm³/mol. The Hall–Kier alpha value is -1.74.